The number of hydrogen-bond acceptors (Lipinski definition) is 5. The molecule has 7 heteroatoms. The van der Waals surface area contributed by atoms with Gasteiger partial charge in [0.1, 0.15) is 0 Å². The third-order valence-corrected chi connectivity index (χ3v) is 6.75. The van der Waals surface area contributed by atoms with E-state index < -0.39 is 15.9 Å². The Morgan fingerprint density at radius 3 is 2.14 bits per heavy atom. The molecule has 6 nitrogen and oxygen atoms in total. The zero-order valence-corrected chi connectivity index (χ0v) is 18.3. The molecular formula is C21H33N3O3S. The molecule has 1 aromatic carbocycles. The normalized spacial score (nSPS) is 22.4. The summed E-state index contributed by atoms with van der Waals surface area (Å²) in [6.07, 6.45) is 4.61. The Hall–Kier alpha value is -1.60. The number of carbonyl (C=O) groups is 1. The number of nitrogens with one attached hydrogen (secondary N) is 1. The van der Waals surface area contributed by atoms with E-state index in [0.717, 1.165) is 43.8 Å². The highest BCUT2D eigenvalue weighted by Gasteiger charge is 2.35. The van der Waals surface area contributed by atoms with Crippen LogP contribution in [0.2, 0.25) is 0 Å². The number of carbonyl (C=O) groups excluding carboxylic acids is 1. The molecule has 2 saturated heterocycles. The number of amides is 1. The van der Waals surface area contributed by atoms with Crippen molar-refractivity contribution in [2.24, 2.45) is 11.3 Å². The molecule has 28 heavy (non-hydrogen) atoms. The van der Waals surface area contributed by atoms with Gasteiger partial charge in [-0.3, -0.25) is 9.69 Å². The van der Waals surface area contributed by atoms with Crippen molar-refractivity contribution >= 4 is 21.6 Å². The van der Waals surface area contributed by atoms with Crippen molar-refractivity contribution in [3.63, 3.8) is 0 Å². The highest BCUT2D eigenvalue weighted by Crippen LogP contribution is 2.36. The highest BCUT2D eigenvalue weighted by atomic mass is 32.2. The lowest BCUT2D eigenvalue weighted by molar-refractivity contribution is 0.0981. The third kappa shape index (κ3) is 5.26. The van der Waals surface area contributed by atoms with E-state index in [9.17, 15) is 13.2 Å². The van der Waals surface area contributed by atoms with Crippen molar-refractivity contribution in [1.29, 1.82) is 0 Å². The first-order valence-corrected chi connectivity index (χ1v) is 12.0. The summed E-state index contributed by atoms with van der Waals surface area (Å²) in [4.78, 5) is 17.0. The van der Waals surface area contributed by atoms with Crippen LogP contribution in [-0.4, -0.2) is 57.7 Å². The Labute approximate surface area is 169 Å². The molecule has 0 spiro atoms. The van der Waals surface area contributed by atoms with Crippen LogP contribution in [0.3, 0.4) is 0 Å². The fraction of sp³-hybridized carbons (Fsp3) is 0.667. The van der Waals surface area contributed by atoms with Gasteiger partial charge in [0.2, 0.25) is 10.0 Å². The molecule has 1 unspecified atom stereocenters. The minimum atomic E-state index is -3.54. The van der Waals surface area contributed by atoms with E-state index in [2.05, 4.69) is 30.6 Å². The van der Waals surface area contributed by atoms with E-state index >= 15 is 0 Å². The Morgan fingerprint density at radius 1 is 1.04 bits per heavy atom. The number of piperidine rings is 1. The number of likely N-dealkylation sites (tertiary alicyclic amines) is 1. The first kappa shape index (κ1) is 21.1. The fourth-order valence-corrected chi connectivity index (χ4v) is 4.82. The number of hydrogen-bond donors (Lipinski definition) is 1. The maximum Gasteiger partial charge on any atom is 0.264 e. The first-order chi connectivity index (χ1) is 13.0. The Bertz CT molecular complexity index is 791. The molecule has 2 aliphatic rings. The van der Waals surface area contributed by atoms with Crippen molar-refractivity contribution < 1.29 is 13.2 Å². The molecule has 0 aromatic heterocycles. The van der Waals surface area contributed by atoms with Gasteiger partial charge in [-0.2, -0.15) is 0 Å². The second kappa shape index (κ2) is 8.03. The fourth-order valence-electron chi connectivity index (χ4n) is 4.37. The van der Waals surface area contributed by atoms with E-state index in [4.69, 9.17) is 0 Å². The molecule has 1 atom stereocenters. The van der Waals surface area contributed by atoms with Crippen LogP contribution in [0.15, 0.2) is 24.3 Å². The van der Waals surface area contributed by atoms with Gasteiger partial charge in [-0.25, -0.2) is 13.1 Å². The molecule has 0 saturated carbocycles. The van der Waals surface area contributed by atoms with Crippen LogP contribution in [0, 0.1) is 11.3 Å². The second-order valence-electron chi connectivity index (χ2n) is 9.32. The number of rotatable bonds is 4. The van der Waals surface area contributed by atoms with Crippen molar-refractivity contribution in [3.05, 3.63) is 29.8 Å². The summed E-state index contributed by atoms with van der Waals surface area (Å²) in [6.45, 7) is 11.5. The molecular weight excluding hydrogens is 374 g/mol. The molecule has 0 radical (unpaired) electrons. The lowest BCUT2D eigenvalue weighted by Gasteiger charge is -2.38. The first-order valence-electron chi connectivity index (χ1n) is 10.1. The number of sulfonamides is 1. The van der Waals surface area contributed by atoms with Crippen LogP contribution >= 0.6 is 0 Å². The van der Waals surface area contributed by atoms with Crippen LogP contribution in [-0.2, 0) is 10.0 Å². The van der Waals surface area contributed by atoms with Crippen molar-refractivity contribution in [2.45, 2.75) is 46.1 Å². The van der Waals surface area contributed by atoms with Crippen molar-refractivity contribution in [1.82, 2.24) is 9.62 Å². The van der Waals surface area contributed by atoms with Gasteiger partial charge in [-0.1, -0.05) is 20.8 Å². The lowest BCUT2D eigenvalue weighted by atomic mass is 9.80. The molecule has 2 aliphatic heterocycles. The van der Waals surface area contributed by atoms with Gasteiger partial charge in [0.25, 0.3) is 5.91 Å². The molecule has 1 amide bonds. The monoisotopic (exact) mass is 407 g/mol. The summed E-state index contributed by atoms with van der Waals surface area (Å²) in [5.74, 6) is 0.200. The van der Waals surface area contributed by atoms with Gasteiger partial charge in [0, 0.05) is 36.9 Å². The number of benzene rings is 1. The summed E-state index contributed by atoms with van der Waals surface area (Å²) in [5, 5.41) is 0. The third-order valence-electron chi connectivity index (χ3n) is 6.20. The van der Waals surface area contributed by atoms with E-state index in [0.29, 0.717) is 17.0 Å². The maximum atomic E-state index is 11.9. The van der Waals surface area contributed by atoms with Crippen LogP contribution < -0.4 is 9.62 Å². The predicted molar refractivity (Wildman–Crippen MR) is 113 cm³/mol. The van der Waals surface area contributed by atoms with Crippen LogP contribution in [0.1, 0.15) is 50.4 Å². The SMILES string of the molecule is CC(C)(C)C1CCN(C2CCN(c3ccc(C(=O)NS(C)(=O)=O)cc3)CC2)C1. The van der Waals surface area contributed by atoms with Gasteiger partial charge in [-0.05, 0) is 61.4 Å². The van der Waals surface area contributed by atoms with Gasteiger partial charge in [-0.15, -0.1) is 0 Å². The summed E-state index contributed by atoms with van der Waals surface area (Å²) in [6, 6.07) is 7.86. The van der Waals surface area contributed by atoms with E-state index in [1.54, 1.807) is 12.1 Å². The zero-order valence-electron chi connectivity index (χ0n) is 17.4. The second-order valence-corrected chi connectivity index (χ2v) is 11.1. The molecule has 0 aliphatic carbocycles. The van der Waals surface area contributed by atoms with Gasteiger partial charge in [0.15, 0.2) is 0 Å². The molecule has 1 N–H and O–H groups in total. The van der Waals surface area contributed by atoms with E-state index in [-0.39, 0.29) is 0 Å². The van der Waals surface area contributed by atoms with Crippen LogP contribution in [0.25, 0.3) is 0 Å². The van der Waals surface area contributed by atoms with Crippen molar-refractivity contribution in [2.75, 3.05) is 37.3 Å². The van der Waals surface area contributed by atoms with Crippen molar-refractivity contribution in [3.8, 4) is 0 Å². The standard InChI is InChI=1S/C21H33N3O3S/c1-21(2,3)17-9-12-24(15-17)19-10-13-23(14-11-19)18-7-5-16(6-8-18)20(25)22-28(4,26)27/h5-8,17,19H,9-15H2,1-4H3,(H,22,25). The smallest absolute Gasteiger partial charge is 0.264 e. The quantitative estimate of drug-likeness (QED) is 0.831. The summed E-state index contributed by atoms with van der Waals surface area (Å²) in [5.41, 5.74) is 1.83. The van der Waals surface area contributed by atoms with Gasteiger partial charge >= 0.3 is 0 Å². The van der Waals surface area contributed by atoms with E-state index in [1.807, 2.05) is 16.9 Å². The topological polar surface area (TPSA) is 69.7 Å². The number of anilines is 1. The lowest BCUT2D eigenvalue weighted by Crippen LogP contribution is -2.44. The van der Waals surface area contributed by atoms with Crippen LogP contribution in [0.4, 0.5) is 5.69 Å². The van der Waals surface area contributed by atoms with Crippen LogP contribution in [0.5, 0.6) is 0 Å². The average molecular weight is 408 g/mol. The summed E-state index contributed by atoms with van der Waals surface area (Å²) >= 11 is 0. The number of nitrogens with zero attached hydrogens (tertiary/aromatic N) is 2. The zero-order chi connectivity index (χ0) is 20.5. The van der Waals surface area contributed by atoms with E-state index in [1.165, 1.54) is 19.5 Å². The Balaban J connectivity index is 1.53. The minimum Gasteiger partial charge on any atom is -0.371 e. The Kier molecular flexibility index (Phi) is 6.05. The minimum absolute atomic E-state index is 0.356. The molecule has 3 rings (SSSR count). The molecule has 2 fully saturated rings. The predicted octanol–water partition coefficient (Wildman–Crippen LogP) is 2.71. The Morgan fingerprint density at radius 2 is 1.64 bits per heavy atom. The average Bonchev–Trinajstić information content (AvgIpc) is 3.11. The highest BCUT2D eigenvalue weighted by molar-refractivity contribution is 7.89. The molecule has 1 aromatic rings. The largest absolute Gasteiger partial charge is 0.371 e. The summed E-state index contributed by atoms with van der Waals surface area (Å²) in [7, 11) is -3.54. The molecule has 0 bridgehead atoms. The molecule has 2 heterocycles. The molecule has 156 valence electrons. The maximum absolute atomic E-state index is 11.9. The van der Waals surface area contributed by atoms with Gasteiger partial charge in [0.05, 0.1) is 6.26 Å². The van der Waals surface area contributed by atoms with Gasteiger partial charge < -0.3 is 4.90 Å². The summed E-state index contributed by atoms with van der Waals surface area (Å²) < 4.78 is 24.4.